The van der Waals surface area contributed by atoms with E-state index in [1.54, 1.807) is 29.4 Å². The van der Waals surface area contributed by atoms with Crippen LogP contribution in [0.5, 0.6) is 0 Å². The van der Waals surface area contributed by atoms with Crippen LogP contribution in [0.2, 0.25) is 0 Å². The van der Waals surface area contributed by atoms with Crippen LogP contribution in [0.15, 0.2) is 48.8 Å². The van der Waals surface area contributed by atoms with Gasteiger partial charge in [-0.2, -0.15) is 0 Å². The van der Waals surface area contributed by atoms with Crippen molar-refractivity contribution < 1.29 is 24.0 Å². The lowest BCUT2D eigenvalue weighted by Gasteiger charge is -2.27. The van der Waals surface area contributed by atoms with Crippen molar-refractivity contribution in [2.45, 2.75) is 84.1 Å². The Kier molecular flexibility index (Phi) is 10.1. The van der Waals surface area contributed by atoms with Crippen molar-refractivity contribution in [1.82, 2.24) is 39.8 Å². The highest BCUT2D eigenvalue weighted by molar-refractivity contribution is 6.25. The number of nitrogens with one attached hydrogen (secondary N) is 2. The molecular weight excluding hydrogens is 715 g/mol. The molecule has 1 unspecified atom stereocenters. The van der Waals surface area contributed by atoms with E-state index in [0.717, 1.165) is 60.7 Å². The lowest BCUT2D eigenvalue weighted by atomic mass is 10.0. The van der Waals surface area contributed by atoms with Gasteiger partial charge >= 0.3 is 0 Å². The molecular formula is C40H45N11O5. The summed E-state index contributed by atoms with van der Waals surface area (Å²) in [6, 6.07) is 12.0. The minimum absolute atomic E-state index is 0.0685. The van der Waals surface area contributed by atoms with E-state index in [2.05, 4.69) is 37.6 Å². The van der Waals surface area contributed by atoms with Crippen LogP contribution in [0.4, 0.5) is 17.3 Å². The highest BCUT2D eigenvalue weighted by Crippen LogP contribution is 2.35. The van der Waals surface area contributed by atoms with E-state index in [9.17, 15) is 24.0 Å². The summed E-state index contributed by atoms with van der Waals surface area (Å²) in [4.78, 5) is 82.2. The molecule has 2 saturated heterocycles. The minimum atomic E-state index is -1.01. The zero-order valence-corrected chi connectivity index (χ0v) is 31.8. The van der Waals surface area contributed by atoms with E-state index in [4.69, 9.17) is 9.97 Å². The van der Waals surface area contributed by atoms with Crippen molar-refractivity contribution >= 4 is 46.9 Å². The number of aryl methyl sites for hydroxylation is 1. The van der Waals surface area contributed by atoms with Gasteiger partial charge in [-0.05, 0) is 89.9 Å². The highest BCUT2D eigenvalue weighted by Gasteiger charge is 2.45. The molecule has 290 valence electrons. The highest BCUT2D eigenvalue weighted by atomic mass is 16.2. The zero-order chi connectivity index (χ0) is 39.1. The summed E-state index contributed by atoms with van der Waals surface area (Å²) in [7, 11) is 2.05. The summed E-state index contributed by atoms with van der Waals surface area (Å²) in [5.74, 6) is -0.171. The fourth-order valence-electron chi connectivity index (χ4n) is 8.20. The van der Waals surface area contributed by atoms with E-state index in [1.165, 1.54) is 0 Å². The van der Waals surface area contributed by atoms with E-state index in [0.29, 0.717) is 60.8 Å². The van der Waals surface area contributed by atoms with Crippen molar-refractivity contribution in [1.29, 1.82) is 0 Å². The number of unbranched alkanes of at least 4 members (excludes halogenated alkanes) is 1. The van der Waals surface area contributed by atoms with Crippen LogP contribution in [0.25, 0.3) is 11.5 Å². The van der Waals surface area contributed by atoms with Crippen LogP contribution in [0.1, 0.15) is 94.7 Å². The standard InChI is InChI=1S/C40H45N11O5/c1-4-48-23-42-46-36(48)29-13-8-14-32(43-29)50-21-27-26(38(50)54)20-33(49-19-9-10-24(49)2)44-30(27)22-47(3)18-6-5-17-41-28-12-7-11-25-35(28)40(56)51(39(25)55)31-15-16-34(52)45-37(31)53/h7-8,11-14,20,23-24,31,41H,4-6,9-10,15-19,21-22H2,1-3H3,(H,45,52,53)/t24-,31?/m1/s1. The Morgan fingerprint density at radius 2 is 1.79 bits per heavy atom. The second kappa shape index (κ2) is 15.2. The third-order valence-electron chi connectivity index (χ3n) is 11.2. The second-order valence-corrected chi connectivity index (χ2v) is 14.9. The molecule has 0 saturated carbocycles. The molecule has 5 amide bonds. The third kappa shape index (κ3) is 6.78. The fraction of sp³-hybridized carbons (Fsp3) is 0.425. The van der Waals surface area contributed by atoms with Gasteiger partial charge in [-0.15, -0.1) is 10.2 Å². The molecule has 8 rings (SSSR count). The number of carbonyl (C=O) groups is 5. The summed E-state index contributed by atoms with van der Waals surface area (Å²) in [6.07, 6.45) is 5.63. The normalized spacial score (nSPS) is 19.4. The van der Waals surface area contributed by atoms with Gasteiger partial charge in [0.15, 0.2) is 5.82 Å². The van der Waals surface area contributed by atoms with Gasteiger partial charge < -0.3 is 19.7 Å². The van der Waals surface area contributed by atoms with E-state index >= 15 is 0 Å². The number of imide groups is 2. The first-order valence-electron chi connectivity index (χ1n) is 19.4. The number of pyridine rings is 2. The molecule has 1 aromatic carbocycles. The maximum Gasteiger partial charge on any atom is 0.264 e. The Morgan fingerprint density at radius 1 is 0.946 bits per heavy atom. The van der Waals surface area contributed by atoms with Gasteiger partial charge in [0.2, 0.25) is 11.8 Å². The molecule has 3 aromatic heterocycles. The monoisotopic (exact) mass is 759 g/mol. The largest absolute Gasteiger partial charge is 0.384 e. The number of hydrogen-bond acceptors (Lipinski definition) is 12. The predicted octanol–water partition coefficient (Wildman–Crippen LogP) is 3.63. The Bertz CT molecular complexity index is 2240. The van der Waals surface area contributed by atoms with Gasteiger partial charge in [-0.3, -0.25) is 39.1 Å². The number of rotatable bonds is 13. The number of benzene rings is 1. The molecule has 16 heteroatoms. The Morgan fingerprint density at radius 3 is 2.57 bits per heavy atom. The molecule has 4 aromatic rings. The molecule has 56 heavy (non-hydrogen) atoms. The molecule has 2 fully saturated rings. The molecule has 4 aliphatic rings. The molecule has 16 nitrogen and oxygen atoms in total. The van der Waals surface area contributed by atoms with Crippen LogP contribution in [0, 0.1) is 0 Å². The van der Waals surface area contributed by atoms with Gasteiger partial charge in [-0.25, -0.2) is 9.97 Å². The van der Waals surface area contributed by atoms with E-state index in [-0.39, 0.29) is 29.9 Å². The summed E-state index contributed by atoms with van der Waals surface area (Å²) in [5, 5.41) is 13.9. The topological polar surface area (TPSA) is 179 Å². The molecule has 0 radical (unpaired) electrons. The Balaban J connectivity index is 0.930. The number of hydrogen-bond donors (Lipinski definition) is 2. The number of carbonyl (C=O) groups excluding carboxylic acids is 5. The van der Waals surface area contributed by atoms with Crippen molar-refractivity contribution in [2.75, 3.05) is 41.8 Å². The minimum Gasteiger partial charge on any atom is -0.384 e. The zero-order valence-electron chi connectivity index (χ0n) is 31.8. The van der Waals surface area contributed by atoms with Gasteiger partial charge in [-0.1, -0.05) is 12.1 Å². The molecule has 4 aliphatic heterocycles. The molecule has 2 N–H and O–H groups in total. The maximum absolute atomic E-state index is 14.1. The first-order valence-corrected chi connectivity index (χ1v) is 19.4. The van der Waals surface area contributed by atoms with Gasteiger partial charge in [0.1, 0.15) is 29.7 Å². The van der Waals surface area contributed by atoms with Crippen molar-refractivity contribution in [2.24, 2.45) is 0 Å². The van der Waals surface area contributed by atoms with Crippen molar-refractivity contribution in [3.8, 4) is 11.5 Å². The summed E-state index contributed by atoms with van der Waals surface area (Å²) in [5.41, 5.74) is 4.13. The van der Waals surface area contributed by atoms with E-state index in [1.807, 2.05) is 42.8 Å². The average molecular weight is 760 g/mol. The average Bonchev–Trinajstić information content (AvgIpc) is 3.98. The Labute approximate surface area is 324 Å². The summed E-state index contributed by atoms with van der Waals surface area (Å²) >= 11 is 0. The quantitative estimate of drug-likeness (QED) is 0.150. The molecule has 0 spiro atoms. The fourth-order valence-corrected chi connectivity index (χ4v) is 8.20. The van der Waals surface area contributed by atoms with Crippen LogP contribution < -0.4 is 20.4 Å². The summed E-state index contributed by atoms with van der Waals surface area (Å²) < 4.78 is 1.92. The second-order valence-electron chi connectivity index (χ2n) is 14.9. The number of amides is 5. The predicted molar refractivity (Wildman–Crippen MR) is 207 cm³/mol. The third-order valence-corrected chi connectivity index (χ3v) is 11.2. The van der Waals surface area contributed by atoms with Crippen LogP contribution in [0.3, 0.4) is 0 Å². The lowest BCUT2D eigenvalue weighted by Crippen LogP contribution is -2.54. The number of piperidine rings is 1. The molecule has 0 aliphatic carbocycles. The molecule has 2 atom stereocenters. The Hall–Kier alpha value is -6.03. The van der Waals surface area contributed by atoms with Crippen molar-refractivity contribution in [3.63, 3.8) is 0 Å². The number of nitrogens with zero attached hydrogens (tertiary/aromatic N) is 9. The maximum atomic E-state index is 14.1. The first-order chi connectivity index (χ1) is 27.1. The van der Waals surface area contributed by atoms with E-state index < -0.39 is 29.7 Å². The van der Waals surface area contributed by atoms with Gasteiger partial charge in [0.05, 0.1) is 28.9 Å². The summed E-state index contributed by atoms with van der Waals surface area (Å²) in [6.45, 7) is 8.05. The first kappa shape index (κ1) is 36.9. The number of fused-ring (bicyclic) bond motifs is 2. The van der Waals surface area contributed by atoms with Gasteiger partial charge in [0, 0.05) is 49.9 Å². The van der Waals surface area contributed by atoms with Crippen LogP contribution in [-0.2, 0) is 29.2 Å². The molecule has 7 heterocycles. The van der Waals surface area contributed by atoms with Gasteiger partial charge in [0.25, 0.3) is 17.7 Å². The molecule has 0 bridgehead atoms. The van der Waals surface area contributed by atoms with Crippen LogP contribution >= 0.6 is 0 Å². The number of aromatic nitrogens is 5. The van der Waals surface area contributed by atoms with Crippen molar-refractivity contribution in [3.05, 3.63) is 76.7 Å². The number of anilines is 3. The van der Waals surface area contributed by atoms with Crippen LogP contribution in [-0.4, -0.2) is 103 Å². The lowest BCUT2D eigenvalue weighted by molar-refractivity contribution is -0.136. The smallest absolute Gasteiger partial charge is 0.264 e. The SMILES string of the molecule is CCn1cnnc1-c1cccc(N2Cc3c(cc(N4CCC[C@H]4C)nc3CN(C)CCCCNc3cccc4c3C(=O)N(C3CCC(=O)NC3=O)C4=O)C2=O)n1.